The summed E-state index contributed by atoms with van der Waals surface area (Å²) in [7, 11) is -1.43. The minimum absolute atomic E-state index is 0. The Balaban J connectivity index is 0.00000338. The fraction of sp³-hybridized carbons (Fsp3) is 0.438. The van der Waals surface area contributed by atoms with Gasteiger partial charge in [0, 0.05) is 20.1 Å². The number of halogens is 1. The van der Waals surface area contributed by atoms with E-state index >= 15 is 0 Å². The largest absolute Gasteiger partial charge is 0.357 e. The van der Waals surface area contributed by atoms with Crippen molar-refractivity contribution in [1.82, 2.24) is 25.4 Å². The molecule has 0 saturated heterocycles. The third-order valence-corrected chi connectivity index (χ3v) is 5.33. The average molecular weight is 492 g/mol. The molecule has 1 aromatic heterocycles. The van der Waals surface area contributed by atoms with Crippen LogP contribution in [0.15, 0.2) is 46.5 Å². The molecule has 26 heavy (non-hydrogen) atoms. The van der Waals surface area contributed by atoms with Gasteiger partial charge in [-0.15, -0.1) is 24.0 Å². The summed E-state index contributed by atoms with van der Waals surface area (Å²) in [5, 5.41) is 10.3. The smallest absolute Gasteiger partial charge is 0.191 e. The number of sulfone groups is 1. The molecule has 0 aliphatic carbocycles. The summed E-state index contributed by atoms with van der Waals surface area (Å²) in [5.41, 5.74) is 0. The van der Waals surface area contributed by atoms with Crippen LogP contribution >= 0.6 is 24.0 Å². The minimum Gasteiger partial charge on any atom is -0.357 e. The molecule has 0 aliphatic rings. The number of nitrogens with one attached hydrogen (secondary N) is 2. The molecule has 0 unspecified atom stereocenters. The Morgan fingerprint density at radius 2 is 1.96 bits per heavy atom. The van der Waals surface area contributed by atoms with Crippen molar-refractivity contribution in [2.75, 3.05) is 18.8 Å². The molecule has 0 bridgehead atoms. The topological polar surface area (TPSA) is 101 Å². The van der Waals surface area contributed by atoms with Crippen LogP contribution in [0, 0.1) is 0 Å². The second kappa shape index (κ2) is 11.1. The van der Waals surface area contributed by atoms with Gasteiger partial charge in [-0.05, 0) is 25.5 Å². The third-order valence-electron chi connectivity index (χ3n) is 3.51. The van der Waals surface area contributed by atoms with E-state index < -0.39 is 9.84 Å². The maximum absolute atomic E-state index is 12.2. The number of guanidine groups is 1. The van der Waals surface area contributed by atoms with Crippen molar-refractivity contribution >= 4 is 39.8 Å². The first-order chi connectivity index (χ1) is 12.0. The number of nitrogens with zero attached hydrogens (tertiary/aromatic N) is 4. The fourth-order valence-electron chi connectivity index (χ4n) is 2.17. The van der Waals surface area contributed by atoms with Gasteiger partial charge in [-0.1, -0.05) is 18.2 Å². The van der Waals surface area contributed by atoms with E-state index in [4.69, 9.17) is 0 Å². The molecule has 0 fully saturated rings. The average Bonchev–Trinajstić information content (AvgIpc) is 3.02. The summed E-state index contributed by atoms with van der Waals surface area (Å²) >= 11 is 0. The predicted molar refractivity (Wildman–Crippen MR) is 112 cm³/mol. The van der Waals surface area contributed by atoms with E-state index in [1.54, 1.807) is 35.0 Å². The Hall–Kier alpha value is -1.69. The van der Waals surface area contributed by atoms with Gasteiger partial charge >= 0.3 is 0 Å². The quantitative estimate of drug-likeness (QED) is 0.250. The molecular weight excluding hydrogens is 467 g/mol. The molecule has 8 nitrogen and oxygen atoms in total. The van der Waals surface area contributed by atoms with Crippen molar-refractivity contribution in [2.45, 2.75) is 24.8 Å². The molecule has 0 radical (unpaired) electrons. The zero-order valence-corrected chi connectivity index (χ0v) is 18.1. The van der Waals surface area contributed by atoms with E-state index in [1.807, 2.05) is 14.0 Å². The van der Waals surface area contributed by atoms with Crippen LogP contribution in [0.3, 0.4) is 0 Å². The van der Waals surface area contributed by atoms with Gasteiger partial charge in [0.25, 0.3) is 0 Å². The third kappa shape index (κ3) is 6.90. The molecule has 2 N–H and O–H groups in total. The molecule has 0 aliphatic heterocycles. The predicted octanol–water partition coefficient (Wildman–Crippen LogP) is 1.35. The highest BCUT2D eigenvalue weighted by Crippen LogP contribution is 2.10. The van der Waals surface area contributed by atoms with Gasteiger partial charge in [0.05, 0.1) is 10.6 Å². The summed E-state index contributed by atoms with van der Waals surface area (Å²) < 4.78 is 26.1. The maximum Gasteiger partial charge on any atom is 0.191 e. The number of hydrogen-bond donors (Lipinski definition) is 2. The van der Waals surface area contributed by atoms with Crippen LogP contribution in [0.1, 0.15) is 19.2 Å². The summed E-state index contributed by atoms with van der Waals surface area (Å²) in [5.74, 6) is 1.47. The van der Waals surface area contributed by atoms with Gasteiger partial charge in [0.2, 0.25) is 0 Å². The molecule has 10 heteroatoms. The Morgan fingerprint density at radius 3 is 2.58 bits per heavy atom. The zero-order chi connectivity index (χ0) is 18.1. The zero-order valence-electron chi connectivity index (χ0n) is 14.9. The summed E-state index contributed by atoms with van der Waals surface area (Å²) in [6.07, 6.45) is 1.98. The van der Waals surface area contributed by atoms with Crippen LogP contribution in [0.2, 0.25) is 0 Å². The van der Waals surface area contributed by atoms with Crippen LogP contribution < -0.4 is 10.6 Å². The number of aryl methyl sites for hydroxylation is 1. The lowest BCUT2D eigenvalue weighted by Gasteiger charge is -2.11. The summed E-state index contributed by atoms with van der Waals surface area (Å²) in [6, 6.07) is 8.50. The molecule has 0 atom stereocenters. The van der Waals surface area contributed by atoms with Crippen LogP contribution in [-0.2, 0) is 23.4 Å². The number of benzene rings is 1. The van der Waals surface area contributed by atoms with Gasteiger partial charge in [0.1, 0.15) is 18.7 Å². The van der Waals surface area contributed by atoms with Gasteiger partial charge < -0.3 is 10.6 Å². The molecular formula is C16H25IN6O2S. The van der Waals surface area contributed by atoms with Crippen molar-refractivity contribution in [3.8, 4) is 0 Å². The lowest BCUT2D eigenvalue weighted by molar-refractivity contribution is 0.592. The Kier molecular flexibility index (Phi) is 9.55. The Labute approximate surface area is 171 Å². The number of aliphatic imine (C=N–C) groups is 1. The normalized spacial score (nSPS) is 11.7. The number of aromatic nitrogens is 3. The molecule has 0 saturated carbocycles. The van der Waals surface area contributed by atoms with Gasteiger partial charge in [0.15, 0.2) is 15.8 Å². The van der Waals surface area contributed by atoms with Crippen LogP contribution in [0.4, 0.5) is 0 Å². The monoisotopic (exact) mass is 492 g/mol. The SMILES string of the molecule is CCNC(=NCc1ncnn1C)NCCCS(=O)(=O)c1ccccc1.I. The molecule has 1 aromatic carbocycles. The molecule has 144 valence electrons. The van der Waals surface area contributed by atoms with Crippen molar-refractivity contribution in [1.29, 1.82) is 0 Å². The first-order valence-electron chi connectivity index (χ1n) is 8.16. The second-order valence-electron chi connectivity index (χ2n) is 5.41. The Morgan fingerprint density at radius 1 is 1.23 bits per heavy atom. The highest BCUT2D eigenvalue weighted by atomic mass is 127. The van der Waals surface area contributed by atoms with E-state index in [9.17, 15) is 8.42 Å². The second-order valence-corrected chi connectivity index (χ2v) is 7.52. The van der Waals surface area contributed by atoms with E-state index in [0.717, 1.165) is 5.82 Å². The van der Waals surface area contributed by atoms with E-state index in [1.165, 1.54) is 6.33 Å². The van der Waals surface area contributed by atoms with Gasteiger partial charge in [-0.25, -0.2) is 18.4 Å². The van der Waals surface area contributed by atoms with Crippen LogP contribution in [0.5, 0.6) is 0 Å². The lowest BCUT2D eigenvalue weighted by atomic mass is 10.4. The minimum atomic E-state index is -3.25. The van der Waals surface area contributed by atoms with Gasteiger partial charge in [-0.2, -0.15) is 5.10 Å². The van der Waals surface area contributed by atoms with E-state index in [-0.39, 0.29) is 29.7 Å². The number of rotatable bonds is 8. The van der Waals surface area contributed by atoms with Crippen molar-refractivity contribution < 1.29 is 8.42 Å². The standard InChI is InChI=1S/C16H24N6O2S.HI/c1-3-17-16(19-12-15-20-13-21-22(15)2)18-10-7-11-25(23,24)14-8-5-4-6-9-14;/h4-6,8-9,13H,3,7,10-12H2,1-2H3,(H2,17,18,19);1H. The van der Waals surface area contributed by atoms with Crippen LogP contribution in [-0.4, -0.2) is 48.0 Å². The molecule has 1 heterocycles. The molecule has 0 spiro atoms. The summed E-state index contributed by atoms with van der Waals surface area (Å²) in [6.45, 7) is 3.59. The summed E-state index contributed by atoms with van der Waals surface area (Å²) in [4.78, 5) is 8.91. The number of hydrogen-bond acceptors (Lipinski definition) is 5. The molecule has 2 rings (SSSR count). The Bertz CT molecular complexity index is 792. The fourth-order valence-corrected chi connectivity index (χ4v) is 3.50. The van der Waals surface area contributed by atoms with E-state index in [0.29, 0.717) is 36.9 Å². The first-order valence-corrected chi connectivity index (χ1v) is 9.81. The molecule has 0 amide bonds. The van der Waals surface area contributed by atoms with Crippen molar-refractivity contribution in [3.05, 3.63) is 42.5 Å². The van der Waals surface area contributed by atoms with Crippen molar-refractivity contribution in [3.63, 3.8) is 0 Å². The van der Waals surface area contributed by atoms with Gasteiger partial charge in [-0.3, -0.25) is 4.68 Å². The van der Waals surface area contributed by atoms with Crippen molar-refractivity contribution in [2.24, 2.45) is 12.0 Å². The first kappa shape index (κ1) is 22.4. The lowest BCUT2D eigenvalue weighted by Crippen LogP contribution is -2.38. The highest BCUT2D eigenvalue weighted by molar-refractivity contribution is 14.0. The maximum atomic E-state index is 12.2. The molecule has 2 aromatic rings. The van der Waals surface area contributed by atoms with Crippen LogP contribution in [0.25, 0.3) is 0 Å². The highest BCUT2D eigenvalue weighted by Gasteiger charge is 2.13. The van der Waals surface area contributed by atoms with E-state index in [2.05, 4.69) is 25.7 Å².